The van der Waals surface area contributed by atoms with Gasteiger partial charge in [0, 0.05) is 24.9 Å². The van der Waals surface area contributed by atoms with E-state index in [1.807, 2.05) is 12.1 Å². The van der Waals surface area contributed by atoms with Gasteiger partial charge in [0.05, 0.1) is 12.5 Å². The molecule has 1 aromatic carbocycles. The summed E-state index contributed by atoms with van der Waals surface area (Å²) < 4.78 is 5.47. The summed E-state index contributed by atoms with van der Waals surface area (Å²) in [6, 6.07) is 8.80. The summed E-state index contributed by atoms with van der Waals surface area (Å²) in [5, 5.41) is 6.41. The molecule has 0 bridgehead atoms. The van der Waals surface area contributed by atoms with Crippen molar-refractivity contribution in [1.29, 1.82) is 0 Å². The molecule has 20 heavy (non-hydrogen) atoms. The molecule has 108 valence electrons. The van der Waals surface area contributed by atoms with Crippen molar-refractivity contribution in [3.63, 3.8) is 0 Å². The number of carbonyl (C=O) groups is 1. The van der Waals surface area contributed by atoms with Gasteiger partial charge in [0.25, 0.3) is 0 Å². The average Bonchev–Trinajstić information content (AvgIpc) is 3.14. The summed E-state index contributed by atoms with van der Waals surface area (Å²) in [5.41, 5.74) is 2.12. The van der Waals surface area contributed by atoms with Crippen LogP contribution in [0, 0.1) is 0 Å². The van der Waals surface area contributed by atoms with Crippen molar-refractivity contribution in [2.24, 2.45) is 0 Å². The third-order valence-electron chi connectivity index (χ3n) is 3.85. The monoisotopic (exact) mass is 274 g/mol. The molecule has 4 heteroatoms. The second-order valence-corrected chi connectivity index (χ2v) is 5.74. The van der Waals surface area contributed by atoms with Crippen LogP contribution in [0.25, 0.3) is 0 Å². The molecule has 0 radical (unpaired) electrons. The van der Waals surface area contributed by atoms with Gasteiger partial charge in [0.2, 0.25) is 5.91 Å². The van der Waals surface area contributed by atoms with E-state index in [0.29, 0.717) is 6.42 Å². The Bertz CT molecular complexity index is 448. The second kappa shape index (κ2) is 6.37. The first-order valence-corrected chi connectivity index (χ1v) is 7.53. The Kier molecular flexibility index (Phi) is 4.33. The number of nitrogens with one attached hydrogen (secondary N) is 2. The quantitative estimate of drug-likeness (QED) is 0.837. The van der Waals surface area contributed by atoms with Gasteiger partial charge in [-0.2, -0.15) is 0 Å². The lowest BCUT2D eigenvalue weighted by Gasteiger charge is -2.10. The van der Waals surface area contributed by atoms with Gasteiger partial charge < -0.3 is 15.4 Å². The molecule has 1 saturated carbocycles. The molecular formula is C16H22N2O2. The minimum Gasteiger partial charge on any atom is -0.378 e. The highest BCUT2D eigenvalue weighted by Crippen LogP contribution is 2.20. The number of rotatable bonds is 6. The van der Waals surface area contributed by atoms with Crippen molar-refractivity contribution in [2.75, 3.05) is 11.9 Å². The van der Waals surface area contributed by atoms with E-state index in [0.717, 1.165) is 37.7 Å². The minimum absolute atomic E-state index is 0.0424. The van der Waals surface area contributed by atoms with Crippen LogP contribution in [0.3, 0.4) is 0 Å². The maximum Gasteiger partial charge on any atom is 0.226 e. The first-order chi connectivity index (χ1) is 9.79. The van der Waals surface area contributed by atoms with Crippen LogP contribution in [0.5, 0.6) is 0 Å². The lowest BCUT2D eigenvalue weighted by Crippen LogP contribution is -2.19. The Balaban J connectivity index is 1.45. The standard InChI is InChI=1S/C16H22N2O2/c19-16(10-15-2-1-9-20-15)18-14-5-3-12(4-6-14)11-17-13-7-8-13/h3-6,13,15,17H,1-2,7-11H2,(H,18,19). The van der Waals surface area contributed by atoms with Gasteiger partial charge in [-0.05, 0) is 43.4 Å². The lowest BCUT2D eigenvalue weighted by molar-refractivity contribution is -0.118. The fourth-order valence-corrected chi connectivity index (χ4v) is 2.48. The summed E-state index contributed by atoms with van der Waals surface area (Å²) in [6.45, 7) is 1.70. The van der Waals surface area contributed by atoms with E-state index in [1.165, 1.54) is 18.4 Å². The molecule has 0 spiro atoms. The van der Waals surface area contributed by atoms with Crippen molar-refractivity contribution in [1.82, 2.24) is 5.32 Å². The third-order valence-corrected chi connectivity index (χ3v) is 3.85. The zero-order valence-electron chi connectivity index (χ0n) is 11.7. The van der Waals surface area contributed by atoms with Crippen LogP contribution in [-0.2, 0) is 16.1 Å². The summed E-state index contributed by atoms with van der Waals surface area (Å²) in [4.78, 5) is 11.9. The second-order valence-electron chi connectivity index (χ2n) is 5.74. The number of amides is 1. The number of hydrogen-bond acceptors (Lipinski definition) is 3. The molecule has 2 N–H and O–H groups in total. The van der Waals surface area contributed by atoms with Gasteiger partial charge >= 0.3 is 0 Å². The molecule has 1 aromatic rings. The van der Waals surface area contributed by atoms with E-state index >= 15 is 0 Å². The molecule has 1 saturated heterocycles. The predicted octanol–water partition coefficient (Wildman–Crippen LogP) is 2.45. The van der Waals surface area contributed by atoms with Crippen LogP contribution in [0.2, 0.25) is 0 Å². The highest BCUT2D eigenvalue weighted by molar-refractivity contribution is 5.91. The highest BCUT2D eigenvalue weighted by Gasteiger charge is 2.20. The molecule has 2 aliphatic rings. The van der Waals surface area contributed by atoms with Crippen LogP contribution in [-0.4, -0.2) is 24.7 Å². The normalized spacial score (nSPS) is 21.9. The molecule has 1 heterocycles. The number of hydrogen-bond donors (Lipinski definition) is 2. The maximum absolute atomic E-state index is 11.9. The van der Waals surface area contributed by atoms with Gasteiger partial charge in [0.1, 0.15) is 0 Å². The van der Waals surface area contributed by atoms with E-state index in [9.17, 15) is 4.79 Å². The molecule has 1 amide bonds. The van der Waals surface area contributed by atoms with Gasteiger partial charge in [-0.3, -0.25) is 4.79 Å². The topological polar surface area (TPSA) is 50.4 Å². The summed E-state index contributed by atoms with van der Waals surface area (Å²) in [7, 11) is 0. The molecular weight excluding hydrogens is 252 g/mol. The number of benzene rings is 1. The summed E-state index contributed by atoms with van der Waals surface area (Å²) in [6.07, 6.45) is 5.25. The van der Waals surface area contributed by atoms with Crippen LogP contribution in [0.15, 0.2) is 24.3 Å². The van der Waals surface area contributed by atoms with Crippen molar-refractivity contribution >= 4 is 11.6 Å². The Morgan fingerprint density at radius 1 is 1.20 bits per heavy atom. The van der Waals surface area contributed by atoms with E-state index < -0.39 is 0 Å². The molecule has 1 atom stereocenters. The van der Waals surface area contributed by atoms with E-state index in [1.54, 1.807) is 0 Å². The van der Waals surface area contributed by atoms with Crippen molar-refractivity contribution in [3.8, 4) is 0 Å². The third kappa shape index (κ3) is 4.05. The molecule has 2 fully saturated rings. The number of ether oxygens (including phenoxy) is 1. The largest absolute Gasteiger partial charge is 0.378 e. The summed E-state index contributed by atoms with van der Waals surface area (Å²) >= 11 is 0. The maximum atomic E-state index is 11.9. The molecule has 1 unspecified atom stereocenters. The molecule has 4 nitrogen and oxygen atoms in total. The van der Waals surface area contributed by atoms with Gasteiger partial charge in [-0.1, -0.05) is 12.1 Å². The first-order valence-electron chi connectivity index (χ1n) is 7.53. The van der Waals surface area contributed by atoms with Crippen LogP contribution in [0.1, 0.15) is 37.7 Å². The van der Waals surface area contributed by atoms with Gasteiger partial charge in [0.15, 0.2) is 0 Å². The number of carbonyl (C=O) groups excluding carboxylic acids is 1. The fraction of sp³-hybridized carbons (Fsp3) is 0.562. The van der Waals surface area contributed by atoms with E-state index in [4.69, 9.17) is 4.74 Å². The molecule has 0 aromatic heterocycles. The molecule has 3 rings (SSSR count). The SMILES string of the molecule is O=C(CC1CCCO1)Nc1ccc(CNC2CC2)cc1. The Labute approximate surface area is 119 Å². The van der Waals surface area contributed by atoms with E-state index in [2.05, 4.69) is 22.8 Å². The van der Waals surface area contributed by atoms with Gasteiger partial charge in [-0.25, -0.2) is 0 Å². The number of anilines is 1. The van der Waals surface area contributed by atoms with Gasteiger partial charge in [-0.15, -0.1) is 0 Å². The smallest absolute Gasteiger partial charge is 0.226 e. The van der Waals surface area contributed by atoms with Crippen LogP contribution < -0.4 is 10.6 Å². The van der Waals surface area contributed by atoms with Crippen LogP contribution in [0.4, 0.5) is 5.69 Å². The van der Waals surface area contributed by atoms with Crippen molar-refractivity contribution < 1.29 is 9.53 Å². The average molecular weight is 274 g/mol. The zero-order valence-corrected chi connectivity index (χ0v) is 11.7. The summed E-state index contributed by atoms with van der Waals surface area (Å²) in [5.74, 6) is 0.0424. The Hall–Kier alpha value is -1.39. The predicted molar refractivity (Wildman–Crippen MR) is 78.5 cm³/mol. The zero-order chi connectivity index (χ0) is 13.8. The molecule has 1 aliphatic heterocycles. The van der Waals surface area contributed by atoms with Crippen LogP contribution >= 0.6 is 0 Å². The first kappa shape index (κ1) is 13.6. The fourth-order valence-electron chi connectivity index (χ4n) is 2.48. The minimum atomic E-state index is 0.0424. The van der Waals surface area contributed by atoms with Crippen molar-refractivity contribution in [2.45, 2.75) is 50.8 Å². The van der Waals surface area contributed by atoms with E-state index in [-0.39, 0.29) is 12.0 Å². The highest BCUT2D eigenvalue weighted by atomic mass is 16.5. The molecule has 1 aliphatic carbocycles. The lowest BCUT2D eigenvalue weighted by atomic mass is 10.1. The Morgan fingerprint density at radius 2 is 2.00 bits per heavy atom. The van der Waals surface area contributed by atoms with Crippen molar-refractivity contribution in [3.05, 3.63) is 29.8 Å². The Morgan fingerprint density at radius 3 is 2.65 bits per heavy atom.